The van der Waals surface area contributed by atoms with E-state index in [0.717, 1.165) is 33.0 Å². The number of aromatic nitrogens is 2. The minimum Gasteiger partial charge on any atom is -0.467 e. The lowest BCUT2D eigenvalue weighted by atomic mass is 10.1. The molecule has 1 atom stereocenters. The summed E-state index contributed by atoms with van der Waals surface area (Å²) in [6.07, 6.45) is 0.805. The number of hydrogen-bond donors (Lipinski definition) is 2. The van der Waals surface area contributed by atoms with Crippen LogP contribution in [0.1, 0.15) is 17.7 Å². The number of furan rings is 1. The van der Waals surface area contributed by atoms with E-state index in [1.54, 1.807) is 29.7 Å². The van der Waals surface area contributed by atoms with Gasteiger partial charge in [0.25, 0.3) is 0 Å². The SMILES string of the molecule is CN(C)Cc1nc(NC[C@H](O)c2ccco2)c2c(-c3ccccc3)csc2n1. The van der Waals surface area contributed by atoms with E-state index in [2.05, 4.69) is 22.8 Å². The van der Waals surface area contributed by atoms with Gasteiger partial charge in [-0.1, -0.05) is 30.3 Å². The fourth-order valence-electron chi connectivity index (χ4n) is 3.07. The molecule has 3 heterocycles. The van der Waals surface area contributed by atoms with Crippen molar-refractivity contribution in [2.24, 2.45) is 0 Å². The minimum absolute atomic E-state index is 0.297. The molecule has 28 heavy (non-hydrogen) atoms. The van der Waals surface area contributed by atoms with Gasteiger partial charge in [0.1, 0.15) is 28.3 Å². The first kappa shape index (κ1) is 18.6. The largest absolute Gasteiger partial charge is 0.467 e. The number of aliphatic hydroxyl groups excluding tert-OH is 1. The number of nitrogens with zero attached hydrogens (tertiary/aromatic N) is 3. The Hall–Kier alpha value is -2.74. The van der Waals surface area contributed by atoms with Crippen molar-refractivity contribution in [1.82, 2.24) is 14.9 Å². The molecular weight excluding hydrogens is 372 g/mol. The molecule has 0 fully saturated rings. The third kappa shape index (κ3) is 3.91. The zero-order valence-corrected chi connectivity index (χ0v) is 16.6. The Kier molecular flexibility index (Phi) is 5.38. The summed E-state index contributed by atoms with van der Waals surface area (Å²) in [6, 6.07) is 13.7. The van der Waals surface area contributed by atoms with E-state index in [-0.39, 0.29) is 0 Å². The van der Waals surface area contributed by atoms with Crippen LogP contribution in [0.4, 0.5) is 5.82 Å². The smallest absolute Gasteiger partial charge is 0.146 e. The van der Waals surface area contributed by atoms with Gasteiger partial charge in [-0.25, -0.2) is 9.97 Å². The van der Waals surface area contributed by atoms with Crippen LogP contribution < -0.4 is 5.32 Å². The van der Waals surface area contributed by atoms with Gasteiger partial charge in [0.2, 0.25) is 0 Å². The van der Waals surface area contributed by atoms with Crippen molar-refractivity contribution in [1.29, 1.82) is 0 Å². The zero-order chi connectivity index (χ0) is 19.5. The van der Waals surface area contributed by atoms with Gasteiger partial charge in [-0.05, 0) is 31.8 Å². The fraction of sp³-hybridized carbons (Fsp3) is 0.238. The molecule has 2 N–H and O–H groups in total. The van der Waals surface area contributed by atoms with Crippen molar-refractivity contribution >= 4 is 27.4 Å². The van der Waals surface area contributed by atoms with E-state index in [9.17, 15) is 5.11 Å². The lowest BCUT2D eigenvalue weighted by molar-refractivity contribution is 0.162. The van der Waals surface area contributed by atoms with Crippen LogP contribution in [-0.4, -0.2) is 40.6 Å². The Bertz CT molecular complexity index is 1050. The average molecular weight is 395 g/mol. The second-order valence-corrected chi connectivity index (χ2v) is 7.69. The zero-order valence-electron chi connectivity index (χ0n) is 15.8. The molecule has 0 aliphatic heterocycles. The van der Waals surface area contributed by atoms with Crippen LogP contribution >= 0.6 is 11.3 Å². The molecule has 6 nitrogen and oxygen atoms in total. The fourth-order valence-corrected chi connectivity index (χ4v) is 4.04. The molecule has 0 radical (unpaired) electrons. The molecule has 4 aromatic rings. The quantitative estimate of drug-likeness (QED) is 0.490. The number of aliphatic hydroxyl groups is 1. The van der Waals surface area contributed by atoms with E-state index in [1.807, 2.05) is 37.2 Å². The highest BCUT2D eigenvalue weighted by atomic mass is 32.1. The summed E-state index contributed by atoms with van der Waals surface area (Å²) in [5.41, 5.74) is 2.21. The lowest BCUT2D eigenvalue weighted by Gasteiger charge is -2.14. The lowest BCUT2D eigenvalue weighted by Crippen LogP contribution is -2.16. The summed E-state index contributed by atoms with van der Waals surface area (Å²) in [5.74, 6) is 2.00. The predicted molar refractivity (Wildman–Crippen MR) is 112 cm³/mol. The van der Waals surface area contributed by atoms with Crippen molar-refractivity contribution in [3.8, 4) is 11.1 Å². The topological polar surface area (TPSA) is 74.4 Å². The van der Waals surface area contributed by atoms with Gasteiger partial charge in [-0.2, -0.15) is 0 Å². The molecule has 144 valence electrons. The number of nitrogens with one attached hydrogen (secondary N) is 1. The van der Waals surface area contributed by atoms with Crippen molar-refractivity contribution in [3.63, 3.8) is 0 Å². The maximum Gasteiger partial charge on any atom is 0.146 e. The molecule has 4 rings (SSSR count). The predicted octanol–water partition coefficient (Wildman–Crippen LogP) is 4.16. The van der Waals surface area contributed by atoms with Crippen LogP contribution in [0.5, 0.6) is 0 Å². The molecule has 0 spiro atoms. The van der Waals surface area contributed by atoms with Crippen molar-refractivity contribution < 1.29 is 9.52 Å². The number of anilines is 1. The molecule has 0 bridgehead atoms. The molecule has 0 aliphatic rings. The maximum atomic E-state index is 10.4. The second kappa shape index (κ2) is 8.10. The Morgan fingerprint density at radius 2 is 1.96 bits per heavy atom. The van der Waals surface area contributed by atoms with Crippen LogP contribution in [0, 0.1) is 0 Å². The highest BCUT2D eigenvalue weighted by Crippen LogP contribution is 2.37. The van der Waals surface area contributed by atoms with Crippen LogP contribution in [-0.2, 0) is 6.54 Å². The highest BCUT2D eigenvalue weighted by Gasteiger charge is 2.17. The van der Waals surface area contributed by atoms with Crippen LogP contribution in [0.3, 0.4) is 0 Å². The number of thiophene rings is 1. The molecule has 0 saturated heterocycles. The van der Waals surface area contributed by atoms with Gasteiger partial charge in [-0.3, -0.25) is 0 Å². The summed E-state index contributed by atoms with van der Waals surface area (Å²) in [4.78, 5) is 12.5. The first-order chi connectivity index (χ1) is 13.6. The van der Waals surface area contributed by atoms with Gasteiger partial charge >= 0.3 is 0 Å². The first-order valence-corrected chi connectivity index (χ1v) is 9.93. The summed E-state index contributed by atoms with van der Waals surface area (Å²) in [7, 11) is 3.98. The maximum absolute atomic E-state index is 10.4. The molecule has 0 aliphatic carbocycles. The average Bonchev–Trinajstić information content (AvgIpc) is 3.36. The van der Waals surface area contributed by atoms with Crippen molar-refractivity contribution in [3.05, 3.63) is 65.7 Å². The molecule has 1 aromatic carbocycles. The Morgan fingerprint density at radius 3 is 2.68 bits per heavy atom. The molecule has 3 aromatic heterocycles. The van der Waals surface area contributed by atoms with Gasteiger partial charge in [0.15, 0.2) is 0 Å². The van der Waals surface area contributed by atoms with Gasteiger partial charge < -0.3 is 19.7 Å². The van der Waals surface area contributed by atoms with Crippen molar-refractivity contribution in [2.75, 3.05) is 26.0 Å². The number of fused-ring (bicyclic) bond motifs is 1. The van der Waals surface area contributed by atoms with Crippen LogP contribution in [0.25, 0.3) is 21.3 Å². The number of benzene rings is 1. The highest BCUT2D eigenvalue weighted by molar-refractivity contribution is 7.17. The van der Waals surface area contributed by atoms with E-state index in [1.165, 1.54) is 0 Å². The molecule has 0 unspecified atom stereocenters. The van der Waals surface area contributed by atoms with Gasteiger partial charge in [-0.15, -0.1) is 11.3 Å². The second-order valence-electron chi connectivity index (χ2n) is 6.83. The van der Waals surface area contributed by atoms with Crippen LogP contribution in [0.15, 0.2) is 58.5 Å². The monoisotopic (exact) mass is 394 g/mol. The third-order valence-corrected chi connectivity index (χ3v) is 5.23. The summed E-state index contributed by atoms with van der Waals surface area (Å²) < 4.78 is 5.30. The number of hydrogen-bond acceptors (Lipinski definition) is 7. The molecule has 0 amide bonds. The van der Waals surface area contributed by atoms with Gasteiger partial charge in [0, 0.05) is 17.5 Å². The van der Waals surface area contributed by atoms with E-state index >= 15 is 0 Å². The molecule has 0 saturated carbocycles. The third-order valence-electron chi connectivity index (χ3n) is 4.36. The van der Waals surface area contributed by atoms with E-state index in [4.69, 9.17) is 14.4 Å². The van der Waals surface area contributed by atoms with E-state index < -0.39 is 6.10 Å². The Labute approximate surface area is 167 Å². The standard InChI is InChI=1S/C21H22N4O2S/c1-25(2)12-18-23-20(22-11-16(26)17-9-6-10-27-17)19-15(13-28-21(19)24-18)14-7-4-3-5-8-14/h3-10,13,16,26H,11-12H2,1-2H3,(H,22,23,24)/t16-/m0/s1. The Balaban J connectivity index is 1.73. The summed E-state index contributed by atoms with van der Waals surface area (Å²) in [6.45, 7) is 0.940. The van der Waals surface area contributed by atoms with Crippen molar-refractivity contribution in [2.45, 2.75) is 12.6 Å². The Morgan fingerprint density at radius 1 is 1.14 bits per heavy atom. The molecule has 7 heteroatoms. The van der Waals surface area contributed by atoms with Gasteiger partial charge in [0.05, 0.1) is 18.2 Å². The minimum atomic E-state index is -0.754. The van der Waals surface area contributed by atoms with Crippen LogP contribution in [0.2, 0.25) is 0 Å². The van der Waals surface area contributed by atoms with E-state index in [0.29, 0.717) is 18.8 Å². The summed E-state index contributed by atoms with van der Waals surface area (Å²) in [5, 5.41) is 16.8. The number of rotatable bonds is 7. The first-order valence-electron chi connectivity index (χ1n) is 9.05. The summed E-state index contributed by atoms with van der Waals surface area (Å²) >= 11 is 1.61. The normalized spacial score (nSPS) is 12.6. The molecular formula is C21H22N4O2S.